The number of rotatable bonds is 4. The van der Waals surface area contributed by atoms with Gasteiger partial charge >= 0.3 is 11.7 Å². The Kier molecular flexibility index (Phi) is 6.92. The van der Waals surface area contributed by atoms with Crippen LogP contribution in [0, 0.1) is 27.6 Å². The first-order chi connectivity index (χ1) is 11.8. The fourth-order valence-electron chi connectivity index (χ4n) is 1.73. The maximum Gasteiger partial charge on any atom is 0.346 e. The zero-order valence-corrected chi connectivity index (χ0v) is 13.5. The van der Waals surface area contributed by atoms with Gasteiger partial charge in [-0.05, 0) is 12.1 Å². The molecule has 0 aliphatic rings. The molecule has 0 atom stereocenters. The number of hydrogen-bond donors (Lipinski definition) is 0. The van der Waals surface area contributed by atoms with Gasteiger partial charge in [0.1, 0.15) is 17.3 Å². The molecular formula is C16H14F3NO5. The van der Waals surface area contributed by atoms with Gasteiger partial charge < -0.3 is 9.47 Å². The van der Waals surface area contributed by atoms with Gasteiger partial charge in [-0.25, -0.2) is 9.18 Å². The van der Waals surface area contributed by atoms with E-state index in [2.05, 4.69) is 4.74 Å². The van der Waals surface area contributed by atoms with Crippen molar-refractivity contribution < 1.29 is 32.4 Å². The number of halogens is 3. The topological polar surface area (TPSA) is 78.7 Å². The molecule has 6 nitrogen and oxygen atoms in total. The molecule has 0 radical (unpaired) electrons. The fourth-order valence-corrected chi connectivity index (χ4v) is 1.73. The first-order valence-corrected chi connectivity index (χ1v) is 7.02. The van der Waals surface area contributed by atoms with Crippen LogP contribution in [0.4, 0.5) is 18.9 Å². The third-order valence-corrected chi connectivity index (χ3v) is 2.78. The van der Waals surface area contributed by atoms with Crippen molar-refractivity contribution in [3.63, 3.8) is 0 Å². The maximum atomic E-state index is 13.7. The molecule has 134 valence electrons. The molecule has 2 aromatic carbocycles. The van der Waals surface area contributed by atoms with Gasteiger partial charge in [0, 0.05) is 18.2 Å². The van der Waals surface area contributed by atoms with E-state index in [1.807, 2.05) is 13.8 Å². The Morgan fingerprint density at radius 1 is 1.00 bits per heavy atom. The highest BCUT2D eigenvalue weighted by atomic mass is 19.1. The number of hydrogen-bond acceptors (Lipinski definition) is 5. The SMILES string of the molecule is CC.COc1ccc(C(=O)Oc2cc(F)c([N+](=O)[O-])c(F)c2)c(F)c1. The number of benzene rings is 2. The van der Waals surface area contributed by atoms with Crippen LogP contribution in [0.1, 0.15) is 24.2 Å². The molecule has 0 fully saturated rings. The van der Waals surface area contributed by atoms with Crippen LogP contribution in [-0.2, 0) is 0 Å². The molecule has 0 amide bonds. The number of carbonyl (C=O) groups excluding carboxylic acids is 1. The molecule has 0 spiro atoms. The molecule has 2 rings (SSSR count). The average molecular weight is 357 g/mol. The first kappa shape index (κ1) is 19.9. The van der Waals surface area contributed by atoms with Gasteiger partial charge in [-0.3, -0.25) is 10.1 Å². The number of ether oxygens (including phenoxy) is 2. The molecule has 0 bridgehead atoms. The number of methoxy groups -OCH3 is 1. The van der Waals surface area contributed by atoms with Crippen LogP contribution >= 0.6 is 0 Å². The Bertz CT molecular complexity index is 772. The Balaban J connectivity index is 0.00000151. The van der Waals surface area contributed by atoms with Gasteiger partial charge in [-0.2, -0.15) is 8.78 Å². The van der Waals surface area contributed by atoms with Crippen molar-refractivity contribution in [2.45, 2.75) is 13.8 Å². The summed E-state index contributed by atoms with van der Waals surface area (Å²) in [6, 6.07) is 4.19. The predicted octanol–water partition coefficient (Wildman–Crippen LogP) is 4.27. The van der Waals surface area contributed by atoms with Crippen molar-refractivity contribution in [3.05, 3.63) is 63.5 Å². The third-order valence-electron chi connectivity index (χ3n) is 2.78. The summed E-state index contributed by atoms with van der Waals surface area (Å²) in [5.74, 6) is -5.70. The summed E-state index contributed by atoms with van der Waals surface area (Å²) in [5, 5.41) is 10.5. The van der Waals surface area contributed by atoms with E-state index < -0.39 is 45.3 Å². The van der Waals surface area contributed by atoms with Gasteiger partial charge in [0.2, 0.25) is 11.6 Å². The highest BCUT2D eigenvalue weighted by Crippen LogP contribution is 2.27. The van der Waals surface area contributed by atoms with Crippen LogP contribution in [0.2, 0.25) is 0 Å². The molecule has 0 aromatic heterocycles. The minimum atomic E-state index is -1.52. The molecule has 0 N–H and O–H groups in total. The monoisotopic (exact) mass is 357 g/mol. The normalized spacial score (nSPS) is 9.68. The quantitative estimate of drug-likeness (QED) is 0.353. The second-order valence-corrected chi connectivity index (χ2v) is 4.23. The number of carbonyl (C=O) groups is 1. The highest BCUT2D eigenvalue weighted by Gasteiger charge is 2.24. The summed E-state index contributed by atoms with van der Waals surface area (Å²) in [4.78, 5) is 21.0. The summed E-state index contributed by atoms with van der Waals surface area (Å²) in [5.41, 5.74) is -1.87. The Morgan fingerprint density at radius 3 is 1.96 bits per heavy atom. The molecule has 0 aliphatic heterocycles. The summed E-state index contributed by atoms with van der Waals surface area (Å²) in [6.07, 6.45) is 0. The van der Waals surface area contributed by atoms with Crippen LogP contribution in [0.5, 0.6) is 11.5 Å². The molecular weight excluding hydrogens is 343 g/mol. The van der Waals surface area contributed by atoms with E-state index in [1.165, 1.54) is 13.2 Å². The summed E-state index contributed by atoms with van der Waals surface area (Å²) in [7, 11) is 1.30. The van der Waals surface area contributed by atoms with Gasteiger partial charge in [-0.1, -0.05) is 13.8 Å². The predicted molar refractivity (Wildman–Crippen MR) is 82.3 cm³/mol. The summed E-state index contributed by atoms with van der Waals surface area (Å²) in [6.45, 7) is 4.00. The van der Waals surface area contributed by atoms with E-state index in [9.17, 15) is 28.1 Å². The Hall–Kier alpha value is -3.10. The first-order valence-electron chi connectivity index (χ1n) is 7.02. The van der Waals surface area contributed by atoms with Gasteiger partial charge in [-0.15, -0.1) is 0 Å². The largest absolute Gasteiger partial charge is 0.497 e. The number of nitro groups is 1. The summed E-state index contributed by atoms with van der Waals surface area (Å²) < 4.78 is 49.9. The zero-order chi connectivity index (χ0) is 19.1. The standard InChI is InChI=1S/C14H8F3NO5.C2H6/c1-22-7-2-3-9(10(15)4-7)14(19)23-8-5-11(16)13(18(20)21)12(17)6-8;1-2/h2-6H,1H3;1-2H3. The van der Waals surface area contributed by atoms with E-state index in [0.29, 0.717) is 12.1 Å². The van der Waals surface area contributed by atoms with Crippen molar-refractivity contribution in [2.24, 2.45) is 0 Å². The second-order valence-electron chi connectivity index (χ2n) is 4.23. The van der Waals surface area contributed by atoms with Gasteiger partial charge in [0.15, 0.2) is 0 Å². The van der Waals surface area contributed by atoms with E-state index in [-0.39, 0.29) is 5.75 Å². The smallest absolute Gasteiger partial charge is 0.346 e. The van der Waals surface area contributed by atoms with Crippen molar-refractivity contribution in [1.82, 2.24) is 0 Å². The fraction of sp³-hybridized carbons (Fsp3) is 0.188. The van der Waals surface area contributed by atoms with Gasteiger partial charge in [0.05, 0.1) is 17.6 Å². The maximum absolute atomic E-state index is 13.7. The molecule has 0 unspecified atom stereocenters. The minimum absolute atomic E-state index is 0.159. The number of nitro benzene ring substituents is 1. The van der Waals surface area contributed by atoms with Crippen molar-refractivity contribution in [3.8, 4) is 11.5 Å². The molecule has 2 aromatic rings. The van der Waals surface area contributed by atoms with E-state index in [0.717, 1.165) is 12.1 Å². The van der Waals surface area contributed by atoms with Crippen molar-refractivity contribution in [1.29, 1.82) is 0 Å². The summed E-state index contributed by atoms with van der Waals surface area (Å²) >= 11 is 0. The molecule has 0 heterocycles. The third kappa shape index (κ3) is 4.69. The van der Waals surface area contributed by atoms with E-state index >= 15 is 0 Å². The van der Waals surface area contributed by atoms with E-state index in [4.69, 9.17) is 4.74 Å². The lowest BCUT2D eigenvalue weighted by Crippen LogP contribution is -2.11. The Labute approximate surface area is 140 Å². The molecule has 25 heavy (non-hydrogen) atoms. The minimum Gasteiger partial charge on any atom is -0.497 e. The van der Waals surface area contributed by atoms with E-state index in [1.54, 1.807) is 0 Å². The molecule has 0 saturated heterocycles. The van der Waals surface area contributed by atoms with Crippen LogP contribution < -0.4 is 9.47 Å². The molecule has 0 aliphatic carbocycles. The van der Waals surface area contributed by atoms with Crippen LogP contribution in [0.25, 0.3) is 0 Å². The lowest BCUT2D eigenvalue weighted by atomic mass is 10.2. The highest BCUT2D eigenvalue weighted by molar-refractivity contribution is 5.91. The lowest BCUT2D eigenvalue weighted by molar-refractivity contribution is -0.390. The second kappa shape index (κ2) is 8.67. The van der Waals surface area contributed by atoms with Gasteiger partial charge in [0.25, 0.3) is 0 Å². The number of esters is 1. The Morgan fingerprint density at radius 2 is 1.52 bits per heavy atom. The molecule has 9 heteroatoms. The average Bonchev–Trinajstić information content (AvgIpc) is 2.55. The van der Waals surface area contributed by atoms with Crippen molar-refractivity contribution in [2.75, 3.05) is 7.11 Å². The van der Waals surface area contributed by atoms with Crippen molar-refractivity contribution >= 4 is 11.7 Å². The number of nitrogens with zero attached hydrogens (tertiary/aromatic N) is 1. The lowest BCUT2D eigenvalue weighted by Gasteiger charge is -2.07. The van der Waals surface area contributed by atoms with Crippen LogP contribution in [0.15, 0.2) is 30.3 Å². The molecule has 0 saturated carbocycles. The van der Waals surface area contributed by atoms with Crippen LogP contribution in [-0.4, -0.2) is 18.0 Å². The van der Waals surface area contributed by atoms with Crippen LogP contribution in [0.3, 0.4) is 0 Å². The zero-order valence-electron chi connectivity index (χ0n) is 13.5.